The van der Waals surface area contributed by atoms with E-state index in [-0.39, 0.29) is 0 Å². The monoisotopic (exact) mass is 341 g/mol. The zero-order valence-corrected chi connectivity index (χ0v) is 14.2. The van der Waals surface area contributed by atoms with Crippen molar-refractivity contribution < 1.29 is 19.1 Å². The minimum atomic E-state index is -0.870. The molecule has 2 aromatic rings. The zero-order valence-electron chi connectivity index (χ0n) is 14.2. The molecule has 0 spiro atoms. The quantitative estimate of drug-likeness (QED) is 0.495. The van der Waals surface area contributed by atoms with Crippen LogP contribution in [0.2, 0.25) is 0 Å². The van der Waals surface area contributed by atoms with Gasteiger partial charge in [0.2, 0.25) is 0 Å². The summed E-state index contributed by atoms with van der Waals surface area (Å²) in [5.74, 6) is -0.508. The maximum Gasteiger partial charge on any atom is 0.329 e. The highest BCUT2D eigenvalue weighted by atomic mass is 16.5. The number of ether oxygens (including phenoxy) is 2. The van der Waals surface area contributed by atoms with Crippen LogP contribution in [0.3, 0.4) is 0 Å². The van der Waals surface area contributed by atoms with E-state index in [9.17, 15) is 9.59 Å². The van der Waals surface area contributed by atoms with Crippen LogP contribution in [0.4, 0.5) is 5.69 Å². The summed E-state index contributed by atoms with van der Waals surface area (Å²) in [6.45, 7) is 1.89. The molecule has 0 aliphatic carbocycles. The summed E-state index contributed by atoms with van der Waals surface area (Å²) >= 11 is 0. The molecule has 0 unspecified atom stereocenters. The lowest BCUT2D eigenvalue weighted by Crippen LogP contribution is -2.32. The molecule has 0 heterocycles. The molecule has 130 valence electrons. The Bertz CT molecular complexity index is 803. The van der Waals surface area contributed by atoms with Crippen molar-refractivity contribution in [1.82, 2.24) is 5.43 Å². The normalized spacial score (nSPS) is 10.4. The summed E-state index contributed by atoms with van der Waals surface area (Å²) in [4.78, 5) is 23.6. The van der Waals surface area contributed by atoms with Crippen LogP contribution in [0.5, 0.6) is 11.5 Å². The number of nitrogens with zero attached hydrogens (tertiary/aromatic N) is 1. The number of benzene rings is 2. The number of amides is 2. The summed E-state index contributed by atoms with van der Waals surface area (Å²) in [5.41, 5.74) is 4.32. The van der Waals surface area contributed by atoms with Crippen molar-refractivity contribution in [2.75, 3.05) is 19.5 Å². The highest BCUT2D eigenvalue weighted by molar-refractivity contribution is 6.39. The molecule has 7 heteroatoms. The number of nitrogens with one attached hydrogen (secondary N) is 2. The maximum absolute atomic E-state index is 11.8. The molecule has 2 rings (SSSR count). The first kappa shape index (κ1) is 18.0. The van der Waals surface area contributed by atoms with Crippen LogP contribution in [-0.2, 0) is 9.59 Å². The number of hydrogen-bond acceptors (Lipinski definition) is 5. The van der Waals surface area contributed by atoms with Crippen molar-refractivity contribution in [2.45, 2.75) is 6.92 Å². The van der Waals surface area contributed by atoms with Crippen LogP contribution < -0.4 is 20.2 Å². The molecule has 0 atom stereocenters. The van der Waals surface area contributed by atoms with Gasteiger partial charge in [0.15, 0.2) is 0 Å². The number of aryl methyl sites for hydroxylation is 1. The first-order chi connectivity index (χ1) is 12.0. The fraction of sp³-hybridized carbons (Fsp3) is 0.167. The highest BCUT2D eigenvalue weighted by Gasteiger charge is 2.13. The van der Waals surface area contributed by atoms with Gasteiger partial charge in [0.1, 0.15) is 11.5 Å². The van der Waals surface area contributed by atoms with Crippen molar-refractivity contribution >= 4 is 23.7 Å². The van der Waals surface area contributed by atoms with Crippen molar-refractivity contribution in [2.24, 2.45) is 5.10 Å². The van der Waals surface area contributed by atoms with Gasteiger partial charge in [0, 0.05) is 17.3 Å². The molecule has 0 saturated heterocycles. The Labute approximate surface area is 145 Å². The fourth-order valence-electron chi connectivity index (χ4n) is 2.05. The molecular weight excluding hydrogens is 322 g/mol. The van der Waals surface area contributed by atoms with E-state index >= 15 is 0 Å². The van der Waals surface area contributed by atoms with E-state index in [1.807, 2.05) is 13.0 Å². The summed E-state index contributed by atoms with van der Waals surface area (Å²) in [6, 6.07) is 12.3. The summed E-state index contributed by atoms with van der Waals surface area (Å²) in [7, 11) is 3.07. The molecular formula is C18H19N3O4. The molecule has 0 fully saturated rings. The van der Waals surface area contributed by atoms with E-state index in [2.05, 4.69) is 15.8 Å². The standard InChI is InChI=1S/C18H19N3O4/c1-12-5-4-6-14(9-12)20-17(22)18(23)21-19-11-13-7-8-15(24-2)10-16(13)25-3/h4-11H,1-3H3,(H,20,22)(H,21,23)/b19-11+. The minimum absolute atomic E-state index is 0.529. The average molecular weight is 341 g/mol. The minimum Gasteiger partial charge on any atom is -0.497 e. The van der Waals surface area contributed by atoms with Gasteiger partial charge in [-0.05, 0) is 36.8 Å². The van der Waals surface area contributed by atoms with E-state index in [0.717, 1.165) is 5.56 Å². The smallest absolute Gasteiger partial charge is 0.329 e. The predicted molar refractivity (Wildman–Crippen MR) is 95.1 cm³/mol. The van der Waals surface area contributed by atoms with E-state index in [4.69, 9.17) is 9.47 Å². The molecule has 0 radical (unpaired) electrons. The molecule has 0 aliphatic rings. The molecule has 0 aromatic heterocycles. The predicted octanol–water partition coefficient (Wildman–Crippen LogP) is 2.10. The Morgan fingerprint density at radius 1 is 1.04 bits per heavy atom. The summed E-state index contributed by atoms with van der Waals surface area (Å²) in [6.07, 6.45) is 1.39. The number of hydrogen-bond donors (Lipinski definition) is 2. The first-order valence-corrected chi connectivity index (χ1v) is 7.46. The van der Waals surface area contributed by atoms with Crippen LogP contribution in [0.25, 0.3) is 0 Å². The molecule has 2 N–H and O–H groups in total. The Kier molecular flexibility index (Phi) is 6.11. The number of carbonyl (C=O) groups excluding carboxylic acids is 2. The lowest BCUT2D eigenvalue weighted by Gasteiger charge is -2.07. The average Bonchev–Trinajstić information content (AvgIpc) is 2.61. The van der Waals surface area contributed by atoms with E-state index < -0.39 is 11.8 Å². The molecule has 2 aromatic carbocycles. The van der Waals surface area contributed by atoms with Crippen LogP contribution in [0.15, 0.2) is 47.6 Å². The van der Waals surface area contributed by atoms with Crippen LogP contribution in [0, 0.1) is 6.92 Å². The third kappa shape index (κ3) is 5.07. The molecule has 2 amide bonds. The van der Waals surface area contributed by atoms with Crippen LogP contribution >= 0.6 is 0 Å². The van der Waals surface area contributed by atoms with Crippen molar-refractivity contribution in [3.63, 3.8) is 0 Å². The third-order valence-electron chi connectivity index (χ3n) is 3.29. The fourth-order valence-corrected chi connectivity index (χ4v) is 2.05. The van der Waals surface area contributed by atoms with Gasteiger partial charge in [-0.3, -0.25) is 9.59 Å². The molecule has 0 saturated carbocycles. The molecule has 0 bridgehead atoms. The largest absolute Gasteiger partial charge is 0.497 e. The summed E-state index contributed by atoms with van der Waals surface area (Å²) in [5, 5.41) is 6.28. The second kappa shape index (κ2) is 8.49. The highest BCUT2D eigenvalue weighted by Crippen LogP contribution is 2.22. The molecule has 25 heavy (non-hydrogen) atoms. The number of anilines is 1. The second-order valence-corrected chi connectivity index (χ2v) is 5.13. The zero-order chi connectivity index (χ0) is 18.2. The maximum atomic E-state index is 11.8. The Morgan fingerprint density at radius 2 is 1.84 bits per heavy atom. The van der Waals surface area contributed by atoms with Gasteiger partial charge in [-0.25, -0.2) is 5.43 Å². The number of rotatable bonds is 5. The van der Waals surface area contributed by atoms with Crippen LogP contribution in [-0.4, -0.2) is 32.2 Å². The van der Waals surface area contributed by atoms with Crippen LogP contribution in [0.1, 0.15) is 11.1 Å². The van der Waals surface area contributed by atoms with Gasteiger partial charge in [-0.2, -0.15) is 5.10 Å². The van der Waals surface area contributed by atoms with E-state index in [1.165, 1.54) is 13.3 Å². The number of carbonyl (C=O) groups is 2. The van der Waals surface area contributed by atoms with Gasteiger partial charge in [-0.15, -0.1) is 0 Å². The van der Waals surface area contributed by atoms with Gasteiger partial charge in [0.25, 0.3) is 0 Å². The topological polar surface area (TPSA) is 89.0 Å². The Morgan fingerprint density at radius 3 is 2.52 bits per heavy atom. The van der Waals surface area contributed by atoms with Gasteiger partial charge in [-0.1, -0.05) is 12.1 Å². The van der Waals surface area contributed by atoms with Crippen molar-refractivity contribution in [1.29, 1.82) is 0 Å². The van der Waals surface area contributed by atoms with E-state index in [1.54, 1.807) is 43.5 Å². The SMILES string of the molecule is COc1ccc(/C=N/NC(=O)C(=O)Nc2cccc(C)c2)c(OC)c1. The number of hydrazone groups is 1. The molecule has 0 aliphatic heterocycles. The Hall–Kier alpha value is -3.35. The number of methoxy groups -OCH3 is 2. The second-order valence-electron chi connectivity index (χ2n) is 5.13. The Balaban J connectivity index is 1.97. The van der Waals surface area contributed by atoms with Crippen molar-refractivity contribution in [3.05, 3.63) is 53.6 Å². The van der Waals surface area contributed by atoms with Gasteiger partial charge in [0.05, 0.1) is 20.4 Å². The van der Waals surface area contributed by atoms with E-state index in [0.29, 0.717) is 22.7 Å². The summed E-state index contributed by atoms with van der Waals surface area (Å²) < 4.78 is 10.3. The first-order valence-electron chi connectivity index (χ1n) is 7.46. The van der Waals surface area contributed by atoms with Gasteiger partial charge < -0.3 is 14.8 Å². The molecule has 7 nitrogen and oxygen atoms in total. The van der Waals surface area contributed by atoms with Gasteiger partial charge >= 0.3 is 11.8 Å². The lowest BCUT2D eigenvalue weighted by atomic mass is 10.2. The third-order valence-corrected chi connectivity index (χ3v) is 3.29. The lowest BCUT2D eigenvalue weighted by molar-refractivity contribution is -0.136. The van der Waals surface area contributed by atoms with Crippen molar-refractivity contribution in [3.8, 4) is 11.5 Å².